The summed E-state index contributed by atoms with van der Waals surface area (Å²) in [6.45, 7) is 6.95. The van der Waals surface area contributed by atoms with Gasteiger partial charge in [-0.05, 0) is 32.6 Å². The van der Waals surface area contributed by atoms with Gasteiger partial charge in [0.05, 0.1) is 18.8 Å². The number of hydrogen-bond acceptors (Lipinski definition) is 3. The first-order chi connectivity index (χ1) is 7.11. The summed E-state index contributed by atoms with van der Waals surface area (Å²) in [5.74, 6) is 0.836. The Balaban J connectivity index is 1.81. The summed E-state index contributed by atoms with van der Waals surface area (Å²) >= 11 is 0. The summed E-state index contributed by atoms with van der Waals surface area (Å²) < 4.78 is 12.0. The lowest BCUT2D eigenvalue weighted by Crippen LogP contribution is -2.60. The average molecular weight is 211 g/mol. The minimum absolute atomic E-state index is 0.00778. The minimum Gasteiger partial charge on any atom is -0.372 e. The second kappa shape index (κ2) is 3.19. The molecule has 1 saturated carbocycles. The third-order valence-electron chi connectivity index (χ3n) is 3.95. The lowest BCUT2D eigenvalue weighted by Gasteiger charge is -2.41. The standard InChI is InChI=1S/C12H21NO2/c1-11(2)7-12(8-15-11)10(9-3-4-9)13-5-6-14-12/h9-10,13H,3-8H2,1-2H3. The molecule has 2 atom stereocenters. The molecule has 1 aliphatic carbocycles. The molecule has 3 heteroatoms. The molecule has 2 unspecified atom stereocenters. The van der Waals surface area contributed by atoms with Crippen molar-refractivity contribution < 1.29 is 9.47 Å². The molecule has 0 amide bonds. The van der Waals surface area contributed by atoms with Crippen molar-refractivity contribution in [1.82, 2.24) is 5.32 Å². The predicted molar refractivity (Wildman–Crippen MR) is 57.8 cm³/mol. The van der Waals surface area contributed by atoms with E-state index in [9.17, 15) is 0 Å². The van der Waals surface area contributed by atoms with E-state index in [-0.39, 0.29) is 11.2 Å². The Labute approximate surface area is 91.5 Å². The lowest BCUT2D eigenvalue weighted by atomic mass is 9.83. The topological polar surface area (TPSA) is 30.5 Å². The van der Waals surface area contributed by atoms with Gasteiger partial charge in [-0.15, -0.1) is 0 Å². The maximum atomic E-state index is 6.09. The highest BCUT2D eigenvalue weighted by molar-refractivity contribution is 5.08. The van der Waals surface area contributed by atoms with E-state index in [1.54, 1.807) is 0 Å². The van der Waals surface area contributed by atoms with Gasteiger partial charge in [-0.1, -0.05) is 0 Å². The Morgan fingerprint density at radius 1 is 1.20 bits per heavy atom. The van der Waals surface area contributed by atoms with Gasteiger partial charge in [-0.2, -0.15) is 0 Å². The van der Waals surface area contributed by atoms with Crippen molar-refractivity contribution in [3.63, 3.8) is 0 Å². The van der Waals surface area contributed by atoms with Crippen LogP contribution in [0.15, 0.2) is 0 Å². The molecule has 0 aromatic carbocycles. The van der Waals surface area contributed by atoms with Gasteiger partial charge in [0.25, 0.3) is 0 Å². The smallest absolute Gasteiger partial charge is 0.110 e. The zero-order valence-electron chi connectivity index (χ0n) is 9.71. The van der Waals surface area contributed by atoms with Crippen LogP contribution in [-0.2, 0) is 9.47 Å². The summed E-state index contributed by atoms with van der Waals surface area (Å²) in [5, 5.41) is 3.65. The monoisotopic (exact) mass is 211 g/mol. The molecule has 3 nitrogen and oxygen atoms in total. The zero-order valence-corrected chi connectivity index (χ0v) is 9.71. The van der Waals surface area contributed by atoms with E-state index in [0.29, 0.717) is 6.04 Å². The van der Waals surface area contributed by atoms with Crippen LogP contribution in [0.3, 0.4) is 0 Å². The Bertz CT molecular complexity index is 262. The fourth-order valence-corrected chi connectivity index (χ4v) is 3.20. The first-order valence-corrected chi connectivity index (χ1v) is 6.13. The van der Waals surface area contributed by atoms with Crippen LogP contribution < -0.4 is 5.32 Å². The van der Waals surface area contributed by atoms with E-state index in [0.717, 1.165) is 32.1 Å². The Morgan fingerprint density at radius 3 is 2.60 bits per heavy atom. The van der Waals surface area contributed by atoms with Gasteiger partial charge in [-0.25, -0.2) is 0 Å². The Hall–Kier alpha value is -0.120. The van der Waals surface area contributed by atoms with Crippen molar-refractivity contribution in [2.45, 2.75) is 50.4 Å². The average Bonchev–Trinajstić information content (AvgIpc) is 2.95. The second-order valence-electron chi connectivity index (χ2n) is 5.91. The summed E-state index contributed by atoms with van der Waals surface area (Å²) in [7, 11) is 0. The molecule has 0 aromatic rings. The Kier molecular flexibility index (Phi) is 2.14. The zero-order chi connectivity index (χ0) is 10.5. The van der Waals surface area contributed by atoms with Crippen LogP contribution in [0.4, 0.5) is 0 Å². The van der Waals surface area contributed by atoms with Crippen LogP contribution in [0, 0.1) is 5.92 Å². The first-order valence-electron chi connectivity index (χ1n) is 6.13. The van der Waals surface area contributed by atoms with Crippen molar-refractivity contribution in [1.29, 1.82) is 0 Å². The van der Waals surface area contributed by atoms with Gasteiger partial charge in [0.1, 0.15) is 5.60 Å². The number of hydrogen-bond donors (Lipinski definition) is 1. The van der Waals surface area contributed by atoms with Gasteiger partial charge < -0.3 is 14.8 Å². The van der Waals surface area contributed by atoms with Crippen LogP contribution in [0.5, 0.6) is 0 Å². The van der Waals surface area contributed by atoms with Crippen molar-refractivity contribution in [3.8, 4) is 0 Å². The largest absolute Gasteiger partial charge is 0.372 e. The third-order valence-corrected chi connectivity index (χ3v) is 3.95. The normalized spacial score (nSPS) is 44.8. The van der Waals surface area contributed by atoms with E-state index in [1.165, 1.54) is 12.8 Å². The maximum Gasteiger partial charge on any atom is 0.110 e. The van der Waals surface area contributed by atoms with Crippen molar-refractivity contribution >= 4 is 0 Å². The fourth-order valence-electron chi connectivity index (χ4n) is 3.20. The molecule has 15 heavy (non-hydrogen) atoms. The molecular formula is C12H21NO2. The van der Waals surface area contributed by atoms with E-state index in [1.807, 2.05) is 0 Å². The summed E-state index contributed by atoms with van der Waals surface area (Å²) in [4.78, 5) is 0. The van der Waals surface area contributed by atoms with E-state index in [2.05, 4.69) is 19.2 Å². The molecule has 3 rings (SSSR count). The van der Waals surface area contributed by atoms with Gasteiger partial charge in [0, 0.05) is 19.0 Å². The predicted octanol–water partition coefficient (Wildman–Crippen LogP) is 1.32. The SMILES string of the molecule is CC1(C)CC2(CO1)OCCNC2C1CC1. The van der Waals surface area contributed by atoms with Crippen LogP contribution in [0.1, 0.15) is 33.1 Å². The van der Waals surface area contributed by atoms with Crippen LogP contribution in [-0.4, -0.2) is 37.0 Å². The summed E-state index contributed by atoms with van der Waals surface area (Å²) in [6.07, 6.45) is 3.76. The van der Waals surface area contributed by atoms with Crippen LogP contribution >= 0.6 is 0 Å². The molecule has 2 heterocycles. The van der Waals surface area contributed by atoms with Crippen molar-refractivity contribution in [2.24, 2.45) is 5.92 Å². The molecule has 2 aliphatic heterocycles. The van der Waals surface area contributed by atoms with Crippen molar-refractivity contribution in [2.75, 3.05) is 19.8 Å². The molecular weight excluding hydrogens is 190 g/mol. The number of ether oxygens (including phenoxy) is 2. The number of morpholine rings is 1. The molecule has 86 valence electrons. The second-order valence-corrected chi connectivity index (χ2v) is 5.91. The first kappa shape index (κ1) is 10.1. The highest BCUT2D eigenvalue weighted by Crippen LogP contribution is 2.46. The van der Waals surface area contributed by atoms with Gasteiger partial charge in [-0.3, -0.25) is 0 Å². The number of rotatable bonds is 1. The van der Waals surface area contributed by atoms with Gasteiger partial charge in [0.15, 0.2) is 0 Å². The fraction of sp³-hybridized carbons (Fsp3) is 1.00. The van der Waals surface area contributed by atoms with Gasteiger partial charge >= 0.3 is 0 Å². The van der Waals surface area contributed by atoms with Crippen LogP contribution in [0.25, 0.3) is 0 Å². The molecule has 1 spiro atoms. The van der Waals surface area contributed by atoms with E-state index in [4.69, 9.17) is 9.47 Å². The molecule has 0 radical (unpaired) electrons. The highest BCUT2D eigenvalue weighted by Gasteiger charge is 2.55. The number of nitrogens with one attached hydrogen (secondary N) is 1. The van der Waals surface area contributed by atoms with Gasteiger partial charge in [0.2, 0.25) is 0 Å². The molecule has 1 N–H and O–H groups in total. The molecule has 0 bridgehead atoms. The summed E-state index contributed by atoms with van der Waals surface area (Å²) in [5.41, 5.74) is -0.0327. The van der Waals surface area contributed by atoms with Crippen LogP contribution in [0.2, 0.25) is 0 Å². The Morgan fingerprint density at radius 2 is 2.00 bits per heavy atom. The molecule has 0 aromatic heterocycles. The lowest BCUT2D eigenvalue weighted by molar-refractivity contribution is -0.103. The van der Waals surface area contributed by atoms with Crippen molar-refractivity contribution in [3.05, 3.63) is 0 Å². The van der Waals surface area contributed by atoms with E-state index >= 15 is 0 Å². The van der Waals surface area contributed by atoms with E-state index < -0.39 is 0 Å². The maximum absolute atomic E-state index is 6.09. The molecule has 3 aliphatic rings. The molecule has 2 saturated heterocycles. The highest BCUT2D eigenvalue weighted by atomic mass is 16.6. The minimum atomic E-state index is -0.0249. The molecule has 3 fully saturated rings. The summed E-state index contributed by atoms with van der Waals surface area (Å²) in [6, 6.07) is 0.535. The quantitative estimate of drug-likeness (QED) is 0.709. The third kappa shape index (κ3) is 1.71.